The number of rotatable bonds is 4. The number of Topliss-reactive ketones (excluding diaryl/α,β-unsaturated/α-hetero) is 1. The molecule has 1 saturated carbocycles. The first kappa shape index (κ1) is 12.8. The average molecular weight is 295 g/mol. The van der Waals surface area contributed by atoms with Gasteiger partial charge in [0, 0.05) is 16.8 Å². The Bertz CT molecular complexity index is 354. The minimum absolute atomic E-state index is 0.262. The standard InChI is InChI=1S/C15H19BrO/c16-14(12-7-3-1-4-8-12)11-15(17)13-9-5-2-6-10-13/h2,5-6,9-10,12,14H,1,3-4,7-8,11H2. The molecule has 17 heavy (non-hydrogen) atoms. The number of hydrogen-bond donors (Lipinski definition) is 0. The van der Waals surface area contributed by atoms with E-state index in [4.69, 9.17) is 0 Å². The molecule has 0 aliphatic heterocycles. The molecule has 1 aromatic carbocycles. The lowest BCUT2D eigenvalue weighted by Gasteiger charge is -2.25. The van der Waals surface area contributed by atoms with Gasteiger partial charge in [0.1, 0.15) is 0 Å². The van der Waals surface area contributed by atoms with Crippen LogP contribution in [0.2, 0.25) is 0 Å². The maximum atomic E-state index is 12.1. The Morgan fingerprint density at radius 1 is 1.18 bits per heavy atom. The summed E-state index contributed by atoms with van der Waals surface area (Å²) in [6.45, 7) is 0. The van der Waals surface area contributed by atoms with Crippen LogP contribution in [0, 0.1) is 5.92 Å². The fourth-order valence-electron chi connectivity index (χ4n) is 2.58. The van der Waals surface area contributed by atoms with E-state index < -0.39 is 0 Å². The Balaban J connectivity index is 1.89. The number of carbonyl (C=O) groups is 1. The average Bonchev–Trinajstić information content (AvgIpc) is 2.40. The van der Waals surface area contributed by atoms with E-state index in [2.05, 4.69) is 15.9 Å². The Morgan fingerprint density at radius 3 is 2.47 bits per heavy atom. The summed E-state index contributed by atoms with van der Waals surface area (Å²) in [4.78, 5) is 12.4. The second-order valence-electron chi connectivity index (χ2n) is 4.91. The lowest BCUT2D eigenvalue weighted by molar-refractivity contribution is 0.0974. The molecule has 0 N–H and O–H groups in total. The van der Waals surface area contributed by atoms with Crippen molar-refractivity contribution in [3.63, 3.8) is 0 Å². The van der Waals surface area contributed by atoms with E-state index >= 15 is 0 Å². The van der Waals surface area contributed by atoms with Crippen LogP contribution < -0.4 is 0 Å². The fourth-order valence-corrected chi connectivity index (χ4v) is 3.40. The predicted octanol–water partition coefficient (Wildman–Crippen LogP) is 4.60. The van der Waals surface area contributed by atoms with Crippen molar-refractivity contribution in [1.82, 2.24) is 0 Å². The summed E-state index contributed by atoms with van der Waals surface area (Å²) >= 11 is 3.72. The molecule has 1 fully saturated rings. The second kappa shape index (κ2) is 6.34. The molecule has 0 bridgehead atoms. The molecule has 1 atom stereocenters. The van der Waals surface area contributed by atoms with Crippen LogP contribution >= 0.6 is 15.9 Å². The lowest BCUT2D eigenvalue weighted by atomic mass is 9.85. The number of hydrogen-bond acceptors (Lipinski definition) is 1. The van der Waals surface area contributed by atoms with E-state index in [1.54, 1.807) is 0 Å². The molecule has 0 spiro atoms. The van der Waals surface area contributed by atoms with Crippen LogP contribution in [0.3, 0.4) is 0 Å². The van der Waals surface area contributed by atoms with Crippen LogP contribution in [0.5, 0.6) is 0 Å². The molecule has 0 aromatic heterocycles. The topological polar surface area (TPSA) is 17.1 Å². The van der Waals surface area contributed by atoms with Gasteiger partial charge in [0.15, 0.2) is 5.78 Å². The smallest absolute Gasteiger partial charge is 0.163 e. The van der Waals surface area contributed by atoms with E-state index in [9.17, 15) is 4.79 Å². The summed E-state index contributed by atoms with van der Waals surface area (Å²) in [5.41, 5.74) is 0.841. The number of benzene rings is 1. The summed E-state index contributed by atoms with van der Waals surface area (Å²) in [5, 5.41) is 0. The van der Waals surface area contributed by atoms with Crippen molar-refractivity contribution in [2.45, 2.75) is 43.4 Å². The highest BCUT2D eigenvalue weighted by molar-refractivity contribution is 9.09. The van der Waals surface area contributed by atoms with Gasteiger partial charge in [-0.3, -0.25) is 4.79 Å². The highest BCUT2D eigenvalue weighted by atomic mass is 79.9. The quantitative estimate of drug-likeness (QED) is 0.586. The monoisotopic (exact) mass is 294 g/mol. The second-order valence-corrected chi connectivity index (χ2v) is 6.08. The molecular formula is C15H19BrO. The van der Waals surface area contributed by atoms with Gasteiger partial charge in [-0.05, 0) is 18.8 Å². The van der Waals surface area contributed by atoms with Crippen molar-refractivity contribution in [1.29, 1.82) is 0 Å². The van der Waals surface area contributed by atoms with Gasteiger partial charge in [-0.25, -0.2) is 0 Å². The van der Waals surface area contributed by atoms with Gasteiger partial charge in [0.25, 0.3) is 0 Å². The number of carbonyl (C=O) groups excluding carboxylic acids is 1. The van der Waals surface area contributed by atoms with Crippen LogP contribution in [0.4, 0.5) is 0 Å². The van der Waals surface area contributed by atoms with Gasteiger partial charge in [0.2, 0.25) is 0 Å². The predicted molar refractivity (Wildman–Crippen MR) is 74.7 cm³/mol. The van der Waals surface area contributed by atoms with E-state index in [0.717, 1.165) is 5.56 Å². The van der Waals surface area contributed by atoms with Crippen LogP contribution in [-0.2, 0) is 0 Å². The Kier molecular flexibility index (Phi) is 4.78. The largest absolute Gasteiger partial charge is 0.294 e. The van der Waals surface area contributed by atoms with E-state index in [0.29, 0.717) is 17.2 Å². The molecule has 1 aliphatic carbocycles. The van der Waals surface area contributed by atoms with Gasteiger partial charge in [0.05, 0.1) is 0 Å². The molecule has 1 unspecified atom stereocenters. The van der Waals surface area contributed by atoms with Gasteiger partial charge < -0.3 is 0 Å². The van der Waals surface area contributed by atoms with Gasteiger partial charge in [-0.2, -0.15) is 0 Å². The third kappa shape index (κ3) is 3.67. The normalized spacial score (nSPS) is 18.9. The highest BCUT2D eigenvalue weighted by Gasteiger charge is 2.23. The van der Waals surface area contributed by atoms with Gasteiger partial charge >= 0.3 is 0 Å². The summed E-state index contributed by atoms with van der Waals surface area (Å²) in [6, 6.07) is 9.61. The zero-order valence-electron chi connectivity index (χ0n) is 10.1. The first-order valence-corrected chi connectivity index (χ1v) is 7.41. The third-order valence-corrected chi connectivity index (χ3v) is 4.71. The molecule has 0 amide bonds. The van der Waals surface area contributed by atoms with Gasteiger partial charge in [-0.15, -0.1) is 0 Å². The molecule has 0 heterocycles. The van der Waals surface area contributed by atoms with Crippen molar-refractivity contribution >= 4 is 21.7 Å². The zero-order valence-corrected chi connectivity index (χ0v) is 11.7. The van der Waals surface area contributed by atoms with Crippen LogP contribution in [0.15, 0.2) is 30.3 Å². The summed E-state index contributed by atoms with van der Waals surface area (Å²) in [7, 11) is 0. The summed E-state index contributed by atoms with van der Waals surface area (Å²) in [5.74, 6) is 0.953. The highest BCUT2D eigenvalue weighted by Crippen LogP contribution is 2.32. The Hall–Kier alpha value is -0.630. The Morgan fingerprint density at radius 2 is 1.82 bits per heavy atom. The maximum Gasteiger partial charge on any atom is 0.163 e. The first-order chi connectivity index (χ1) is 8.27. The van der Waals surface area contributed by atoms with Crippen molar-refractivity contribution < 1.29 is 4.79 Å². The molecule has 2 rings (SSSR count). The number of ketones is 1. The van der Waals surface area contributed by atoms with E-state index in [1.807, 2.05) is 30.3 Å². The molecule has 1 aromatic rings. The SMILES string of the molecule is O=C(CC(Br)C1CCCCC1)c1ccccc1. The minimum Gasteiger partial charge on any atom is -0.294 e. The van der Waals surface area contributed by atoms with Crippen molar-refractivity contribution in [3.8, 4) is 0 Å². The molecule has 0 saturated heterocycles. The number of alkyl halides is 1. The summed E-state index contributed by atoms with van der Waals surface area (Å²) in [6.07, 6.45) is 7.20. The minimum atomic E-state index is 0.262. The van der Waals surface area contributed by atoms with Crippen molar-refractivity contribution in [3.05, 3.63) is 35.9 Å². The third-order valence-electron chi connectivity index (χ3n) is 3.64. The fraction of sp³-hybridized carbons (Fsp3) is 0.533. The van der Waals surface area contributed by atoms with Crippen LogP contribution in [-0.4, -0.2) is 10.6 Å². The summed E-state index contributed by atoms with van der Waals surface area (Å²) < 4.78 is 0. The van der Waals surface area contributed by atoms with Crippen molar-refractivity contribution in [2.24, 2.45) is 5.92 Å². The molecule has 2 heteroatoms. The maximum absolute atomic E-state index is 12.1. The lowest BCUT2D eigenvalue weighted by Crippen LogP contribution is -2.20. The molecule has 1 nitrogen and oxygen atoms in total. The van der Waals surface area contributed by atoms with Gasteiger partial charge in [-0.1, -0.05) is 65.5 Å². The van der Waals surface area contributed by atoms with Crippen LogP contribution in [0.1, 0.15) is 48.9 Å². The van der Waals surface area contributed by atoms with Crippen molar-refractivity contribution in [2.75, 3.05) is 0 Å². The Labute approximate surface area is 112 Å². The first-order valence-electron chi connectivity index (χ1n) is 6.49. The molecular weight excluding hydrogens is 276 g/mol. The zero-order chi connectivity index (χ0) is 12.1. The number of halogens is 1. The molecule has 92 valence electrons. The van der Waals surface area contributed by atoms with Crippen LogP contribution in [0.25, 0.3) is 0 Å². The molecule has 0 radical (unpaired) electrons. The molecule has 1 aliphatic rings. The van der Waals surface area contributed by atoms with E-state index in [1.165, 1.54) is 32.1 Å². The van der Waals surface area contributed by atoms with E-state index in [-0.39, 0.29) is 5.78 Å².